The number of hydrogen-bond acceptors (Lipinski definition) is 6. The second-order valence-electron chi connectivity index (χ2n) is 7.12. The zero-order chi connectivity index (χ0) is 22.2. The van der Waals surface area contributed by atoms with Crippen molar-refractivity contribution in [2.75, 3.05) is 39.7 Å². The summed E-state index contributed by atoms with van der Waals surface area (Å²) in [6.45, 7) is 0.968. The second kappa shape index (κ2) is 10.8. The summed E-state index contributed by atoms with van der Waals surface area (Å²) >= 11 is 6.11. The van der Waals surface area contributed by atoms with Gasteiger partial charge in [-0.2, -0.15) is 0 Å². The van der Waals surface area contributed by atoms with Gasteiger partial charge in [-0.05, 0) is 20.0 Å². The summed E-state index contributed by atoms with van der Waals surface area (Å²) in [5, 5.41) is 7.40. The van der Waals surface area contributed by atoms with Crippen LogP contribution < -0.4 is 14.8 Å². The van der Waals surface area contributed by atoms with Crippen LogP contribution in [0.1, 0.15) is 12.2 Å². The quantitative estimate of drug-likeness (QED) is 0.496. The van der Waals surface area contributed by atoms with E-state index in [1.807, 2.05) is 48.3 Å². The maximum absolute atomic E-state index is 12.5. The van der Waals surface area contributed by atoms with Crippen molar-refractivity contribution in [2.24, 2.45) is 0 Å². The molecule has 1 amide bonds. The van der Waals surface area contributed by atoms with Gasteiger partial charge in [0, 0.05) is 30.2 Å². The lowest BCUT2D eigenvalue weighted by molar-refractivity contribution is -0.117. The van der Waals surface area contributed by atoms with Crippen molar-refractivity contribution < 1.29 is 18.8 Å². The van der Waals surface area contributed by atoms with Gasteiger partial charge in [0.1, 0.15) is 23.0 Å². The van der Waals surface area contributed by atoms with Crippen LogP contribution >= 0.6 is 11.6 Å². The van der Waals surface area contributed by atoms with Gasteiger partial charge in [0.15, 0.2) is 0 Å². The highest BCUT2D eigenvalue weighted by atomic mass is 35.5. The fraction of sp³-hybridized carbons (Fsp3) is 0.304. The first-order chi connectivity index (χ1) is 15.0. The second-order valence-corrected chi connectivity index (χ2v) is 7.53. The van der Waals surface area contributed by atoms with E-state index < -0.39 is 0 Å². The molecule has 0 bridgehead atoms. The van der Waals surface area contributed by atoms with E-state index in [0.29, 0.717) is 22.2 Å². The Balaban J connectivity index is 1.47. The average molecular weight is 444 g/mol. The van der Waals surface area contributed by atoms with Crippen LogP contribution in [0, 0.1) is 0 Å². The molecule has 0 atom stereocenters. The van der Waals surface area contributed by atoms with Crippen molar-refractivity contribution in [3.63, 3.8) is 0 Å². The molecule has 3 rings (SSSR count). The van der Waals surface area contributed by atoms with Crippen LogP contribution in [0.3, 0.4) is 0 Å². The number of likely N-dealkylation sites (N-methyl/N-ethyl adjacent to an activating group) is 1. The molecule has 2 aromatic carbocycles. The Hall–Kier alpha value is -3.03. The Morgan fingerprint density at radius 1 is 1.13 bits per heavy atom. The summed E-state index contributed by atoms with van der Waals surface area (Å²) in [7, 11) is 4.94. The zero-order valence-electron chi connectivity index (χ0n) is 17.9. The number of aromatic nitrogens is 1. The number of carbonyl (C=O) groups is 1. The molecule has 3 aromatic rings. The highest BCUT2D eigenvalue weighted by Crippen LogP contribution is 2.35. The molecule has 0 fully saturated rings. The molecular formula is C23H26ClN3O4. The Labute approximate surface area is 186 Å². The van der Waals surface area contributed by atoms with Gasteiger partial charge in [0.05, 0.1) is 31.5 Å². The molecule has 0 spiro atoms. The number of methoxy groups -OCH3 is 2. The first-order valence-corrected chi connectivity index (χ1v) is 10.3. The third kappa shape index (κ3) is 6.23. The van der Waals surface area contributed by atoms with Crippen LogP contribution in [-0.2, 0) is 11.2 Å². The molecule has 1 aromatic heterocycles. The number of halogens is 1. The molecule has 1 N–H and O–H groups in total. The van der Waals surface area contributed by atoms with Crippen molar-refractivity contribution in [1.82, 2.24) is 10.1 Å². The maximum atomic E-state index is 12.5. The van der Waals surface area contributed by atoms with Crippen molar-refractivity contribution in [2.45, 2.75) is 12.8 Å². The normalized spacial score (nSPS) is 10.9. The van der Waals surface area contributed by atoms with E-state index >= 15 is 0 Å². The fourth-order valence-corrected chi connectivity index (χ4v) is 3.40. The lowest BCUT2D eigenvalue weighted by atomic mass is 10.1. The summed E-state index contributed by atoms with van der Waals surface area (Å²) in [6, 6.07) is 15.1. The molecule has 8 heteroatoms. The smallest absolute Gasteiger partial charge is 0.238 e. The molecular weight excluding hydrogens is 418 g/mol. The van der Waals surface area contributed by atoms with Crippen LogP contribution in [0.25, 0.3) is 11.3 Å². The summed E-state index contributed by atoms with van der Waals surface area (Å²) in [5.41, 5.74) is 2.37. The van der Waals surface area contributed by atoms with Gasteiger partial charge in [0.2, 0.25) is 5.91 Å². The minimum Gasteiger partial charge on any atom is -0.495 e. The van der Waals surface area contributed by atoms with Crippen LogP contribution in [0.2, 0.25) is 5.02 Å². The summed E-state index contributed by atoms with van der Waals surface area (Å²) in [4.78, 5) is 14.4. The molecule has 0 saturated heterocycles. The van der Waals surface area contributed by atoms with Gasteiger partial charge in [-0.15, -0.1) is 0 Å². The van der Waals surface area contributed by atoms with Crippen LogP contribution in [0.5, 0.6) is 11.5 Å². The Morgan fingerprint density at radius 3 is 2.58 bits per heavy atom. The van der Waals surface area contributed by atoms with Crippen LogP contribution in [0.4, 0.5) is 5.69 Å². The number of anilines is 1. The highest BCUT2D eigenvalue weighted by molar-refractivity contribution is 6.32. The SMILES string of the molecule is COc1cc(NC(=O)CN(C)CCCc2cc(-c3ccccc3)no2)c(OC)cc1Cl. The predicted molar refractivity (Wildman–Crippen MR) is 121 cm³/mol. The van der Waals surface area contributed by atoms with Crippen molar-refractivity contribution in [3.8, 4) is 22.8 Å². The first kappa shape index (κ1) is 22.7. The number of nitrogens with one attached hydrogen (secondary N) is 1. The predicted octanol–water partition coefficient (Wildman–Crippen LogP) is 4.52. The van der Waals surface area contributed by atoms with Crippen LogP contribution in [-0.4, -0.2) is 50.3 Å². The third-order valence-corrected chi connectivity index (χ3v) is 5.05. The molecule has 164 valence electrons. The van der Waals surface area contributed by atoms with E-state index in [4.69, 9.17) is 25.6 Å². The van der Waals surface area contributed by atoms with Gasteiger partial charge in [-0.3, -0.25) is 9.69 Å². The van der Waals surface area contributed by atoms with Gasteiger partial charge >= 0.3 is 0 Å². The lowest BCUT2D eigenvalue weighted by Gasteiger charge is -2.17. The standard InChI is InChI=1S/C23H26ClN3O4/c1-27(11-7-10-17-12-19(26-31-17)16-8-5-4-6-9-16)15-23(28)25-20-14-21(29-2)18(24)13-22(20)30-3/h4-6,8-9,12-14H,7,10-11,15H2,1-3H3,(H,25,28). The van der Waals surface area contributed by atoms with E-state index in [0.717, 1.165) is 36.4 Å². The van der Waals surface area contributed by atoms with Gasteiger partial charge in [0.25, 0.3) is 0 Å². The molecule has 0 radical (unpaired) electrons. The molecule has 31 heavy (non-hydrogen) atoms. The van der Waals surface area contributed by atoms with E-state index in [9.17, 15) is 4.79 Å². The van der Waals surface area contributed by atoms with E-state index in [1.54, 1.807) is 12.1 Å². The minimum absolute atomic E-state index is 0.156. The molecule has 0 aliphatic carbocycles. The number of hydrogen-bond donors (Lipinski definition) is 1. The number of aryl methyl sites for hydroxylation is 1. The molecule has 0 saturated carbocycles. The molecule has 1 heterocycles. The van der Waals surface area contributed by atoms with E-state index in [1.165, 1.54) is 14.2 Å². The van der Waals surface area contributed by atoms with E-state index in [-0.39, 0.29) is 12.5 Å². The number of nitrogens with zero attached hydrogens (tertiary/aromatic N) is 2. The largest absolute Gasteiger partial charge is 0.495 e. The van der Waals surface area contributed by atoms with Crippen molar-refractivity contribution >= 4 is 23.2 Å². The molecule has 0 aliphatic rings. The minimum atomic E-state index is -0.156. The molecule has 7 nitrogen and oxygen atoms in total. The Bertz CT molecular complexity index is 1010. The number of carbonyl (C=O) groups excluding carboxylic acids is 1. The Kier molecular flexibility index (Phi) is 7.92. The average Bonchev–Trinajstić information content (AvgIpc) is 3.24. The number of benzene rings is 2. The topological polar surface area (TPSA) is 76.8 Å². The summed E-state index contributed by atoms with van der Waals surface area (Å²) in [5.74, 6) is 1.61. The van der Waals surface area contributed by atoms with Gasteiger partial charge in [-0.25, -0.2) is 0 Å². The molecule has 0 aliphatic heterocycles. The monoisotopic (exact) mass is 443 g/mol. The summed E-state index contributed by atoms with van der Waals surface area (Å²) < 4.78 is 15.9. The van der Waals surface area contributed by atoms with Crippen LogP contribution in [0.15, 0.2) is 53.1 Å². The van der Waals surface area contributed by atoms with Gasteiger partial charge < -0.3 is 19.3 Å². The lowest BCUT2D eigenvalue weighted by Crippen LogP contribution is -2.31. The van der Waals surface area contributed by atoms with Gasteiger partial charge in [-0.1, -0.05) is 47.1 Å². The number of rotatable bonds is 10. The number of amides is 1. The Morgan fingerprint density at radius 2 is 1.87 bits per heavy atom. The first-order valence-electron chi connectivity index (χ1n) is 9.91. The van der Waals surface area contributed by atoms with Crippen molar-refractivity contribution in [3.05, 3.63) is 59.3 Å². The fourth-order valence-electron chi connectivity index (χ4n) is 3.17. The highest BCUT2D eigenvalue weighted by Gasteiger charge is 2.14. The zero-order valence-corrected chi connectivity index (χ0v) is 18.6. The molecule has 0 unspecified atom stereocenters. The van der Waals surface area contributed by atoms with Crippen molar-refractivity contribution in [1.29, 1.82) is 0 Å². The van der Waals surface area contributed by atoms with E-state index in [2.05, 4.69) is 10.5 Å². The number of ether oxygens (including phenoxy) is 2. The summed E-state index contributed by atoms with van der Waals surface area (Å²) in [6.07, 6.45) is 1.58. The maximum Gasteiger partial charge on any atom is 0.238 e. The third-order valence-electron chi connectivity index (χ3n) is 4.75.